The molecule has 2 fully saturated rings. The van der Waals surface area contributed by atoms with E-state index in [9.17, 15) is 45.6 Å². The van der Waals surface area contributed by atoms with Gasteiger partial charge in [-0.2, -0.15) is 0 Å². The van der Waals surface area contributed by atoms with E-state index in [-0.39, 0.29) is 16.9 Å². The van der Waals surface area contributed by atoms with Gasteiger partial charge >= 0.3 is 0 Å². The second-order valence-corrected chi connectivity index (χ2v) is 8.84. The van der Waals surface area contributed by atoms with Crippen molar-refractivity contribution in [2.75, 3.05) is 19.8 Å². The molecule has 37 heavy (non-hydrogen) atoms. The van der Waals surface area contributed by atoms with E-state index in [1.54, 1.807) is 18.2 Å². The normalized spacial score (nSPS) is 33.8. The number of aromatic hydroxyl groups is 2. The van der Waals surface area contributed by atoms with E-state index in [0.29, 0.717) is 0 Å². The summed E-state index contributed by atoms with van der Waals surface area (Å²) < 4.78 is 22.1. The van der Waals surface area contributed by atoms with Gasteiger partial charge in [-0.1, -0.05) is 30.3 Å². The molecule has 0 saturated carbocycles. The van der Waals surface area contributed by atoms with Crippen LogP contribution in [0.2, 0.25) is 0 Å². The molecule has 13 nitrogen and oxygen atoms in total. The van der Waals surface area contributed by atoms with Gasteiger partial charge in [0, 0.05) is 17.7 Å². The SMILES string of the molecule is O=C(c1ccccc1)c1c(O)cc(O)cc1O[C@@H]1O[C@H](CO)[C@@H](O)[C@H](O)[C@H]1O[C@@H]1OC[C@](O)(CO)[C@H]1O. The third-order valence-corrected chi connectivity index (χ3v) is 6.27. The third-order valence-electron chi connectivity index (χ3n) is 6.27. The van der Waals surface area contributed by atoms with Crippen LogP contribution < -0.4 is 4.74 Å². The number of hydrogen-bond acceptors (Lipinski definition) is 13. The monoisotopic (exact) mass is 524 g/mol. The van der Waals surface area contributed by atoms with E-state index >= 15 is 0 Å². The summed E-state index contributed by atoms with van der Waals surface area (Å²) in [5.74, 6) is -2.17. The van der Waals surface area contributed by atoms with Crippen LogP contribution in [0.1, 0.15) is 15.9 Å². The van der Waals surface area contributed by atoms with Crippen LogP contribution >= 0.6 is 0 Å². The van der Waals surface area contributed by atoms with Crippen molar-refractivity contribution in [1.29, 1.82) is 0 Å². The smallest absolute Gasteiger partial charge is 0.229 e. The number of ketones is 1. The van der Waals surface area contributed by atoms with Gasteiger partial charge in [0.2, 0.25) is 12.1 Å². The Bertz CT molecular complexity index is 1100. The molecule has 2 aromatic carbocycles. The Balaban J connectivity index is 1.68. The predicted octanol–water partition coefficient (Wildman–Crippen LogP) is -2.03. The summed E-state index contributed by atoms with van der Waals surface area (Å²) in [6.45, 7) is -2.12. The van der Waals surface area contributed by atoms with Crippen LogP contribution in [-0.2, 0) is 14.2 Å². The minimum atomic E-state index is -2.06. The Hall–Kier alpha value is -2.85. The minimum Gasteiger partial charge on any atom is -0.508 e. The second kappa shape index (κ2) is 10.9. The van der Waals surface area contributed by atoms with Crippen molar-refractivity contribution >= 4 is 5.78 Å². The van der Waals surface area contributed by atoms with Gasteiger partial charge in [0.15, 0.2) is 12.4 Å². The molecule has 2 saturated heterocycles. The number of phenolic OH excluding ortho intramolecular Hbond substituents is 2. The number of rotatable bonds is 8. The van der Waals surface area contributed by atoms with Crippen molar-refractivity contribution in [2.45, 2.75) is 48.7 Å². The quantitative estimate of drug-likeness (QED) is 0.175. The maximum absolute atomic E-state index is 13.2. The molecule has 0 amide bonds. The van der Waals surface area contributed by atoms with Gasteiger partial charge in [0.05, 0.1) is 19.8 Å². The molecule has 2 aliphatic rings. The van der Waals surface area contributed by atoms with E-state index in [0.717, 1.165) is 12.1 Å². The maximum atomic E-state index is 13.2. The standard InChI is InChI=1S/C24H28O13/c25-8-15-18(30)19(31)20(37-23-21(32)24(33,9-26)10-34-23)22(36-15)35-14-7-12(27)6-13(28)16(14)17(29)11-4-2-1-3-5-11/h1-7,15,18-23,25-28,30-33H,8-10H2/t15-,18-,19+,20-,21+,22-,23+,24-/m1/s1. The van der Waals surface area contributed by atoms with E-state index in [2.05, 4.69) is 0 Å². The van der Waals surface area contributed by atoms with E-state index in [1.165, 1.54) is 12.1 Å². The molecule has 2 heterocycles. The summed E-state index contributed by atoms with van der Waals surface area (Å²) in [4.78, 5) is 13.2. The lowest BCUT2D eigenvalue weighted by Crippen LogP contribution is -2.62. The number of carbonyl (C=O) groups excluding carboxylic acids is 1. The highest BCUT2D eigenvalue weighted by molar-refractivity contribution is 6.12. The van der Waals surface area contributed by atoms with E-state index in [4.69, 9.17) is 18.9 Å². The third kappa shape index (κ3) is 5.27. The van der Waals surface area contributed by atoms with Crippen LogP contribution in [0.5, 0.6) is 17.2 Å². The maximum Gasteiger partial charge on any atom is 0.229 e. The lowest BCUT2D eigenvalue weighted by Gasteiger charge is -2.42. The van der Waals surface area contributed by atoms with Gasteiger partial charge < -0.3 is 59.8 Å². The summed E-state index contributed by atoms with van der Waals surface area (Å²) in [5, 5.41) is 81.2. The first-order chi connectivity index (χ1) is 17.6. The highest BCUT2D eigenvalue weighted by Gasteiger charge is 2.53. The first-order valence-electron chi connectivity index (χ1n) is 11.3. The highest BCUT2D eigenvalue weighted by atomic mass is 16.8. The Morgan fingerprint density at radius 3 is 2.35 bits per heavy atom. The van der Waals surface area contributed by atoms with Gasteiger partial charge in [0.1, 0.15) is 52.8 Å². The number of aliphatic hydroxyl groups excluding tert-OH is 5. The molecule has 202 valence electrons. The van der Waals surface area contributed by atoms with Crippen molar-refractivity contribution in [3.63, 3.8) is 0 Å². The molecule has 4 rings (SSSR count). The number of phenols is 2. The number of aliphatic hydroxyl groups is 6. The fraction of sp³-hybridized carbons (Fsp3) is 0.458. The number of carbonyl (C=O) groups is 1. The average Bonchev–Trinajstić information content (AvgIpc) is 3.17. The Kier molecular flexibility index (Phi) is 7.99. The average molecular weight is 524 g/mol. The molecule has 0 spiro atoms. The van der Waals surface area contributed by atoms with E-state index in [1.807, 2.05) is 0 Å². The van der Waals surface area contributed by atoms with Gasteiger partial charge in [-0.25, -0.2) is 0 Å². The largest absolute Gasteiger partial charge is 0.508 e. The fourth-order valence-electron chi connectivity index (χ4n) is 4.13. The Morgan fingerprint density at radius 1 is 1.03 bits per heavy atom. The van der Waals surface area contributed by atoms with Crippen LogP contribution in [0.25, 0.3) is 0 Å². The summed E-state index contributed by atoms with van der Waals surface area (Å²) in [6, 6.07) is 9.79. The number of benzene rings is 2. The predicted molar refractivity (Wildman–Crippen MR) is 121 cm³/mol. The summed E-state index contributed by atoms with van der Waals surface area (Å²) in [7, 11) is 0. The Morgan fingerprint density at radius 2 is 1.73 bits per heavy atom. The molecular weight excluding hydrogens is 496 g/mol. The highest BCUT2D eigenvalue weighted by Crippen LogP contribution is 2.38. The van der Waals surface area contributed by atoms with Crippen LogP contribution in [0.3, 0.4) is 0 Å². The van der Waals surface area contributed by atoms with Gasteiger partial charge in [-0.3, -0.25) is 4.79 Å². The van der Waals surface area contributed by atoms with Crippen molar-refractivity contribution in [3.8, 4) is 17.2 Å². The van der Waals surface area contributed by atoms with Gasteiger partial charge in [-0.15, -0.1) is 0 Å². The summed E-state index contributed by atoms with van der Waals surface area (Å²) >= 11 is 0. The van der Waals surface area contributed by atoms with Crippen LogP contribution in [0.15, 0.2) is 42.5 Å². The molecule has 2 aromatic rings. The molecule has 13 heteroatoms. The molecular formula is C24H28O13. The molecule has 8 N–H and O–H groups in total. The van der Waals surface area contributed by atoms with Crippen LogP contribution in [0, 0.1) is 0 Å². The molecule has 0 unspecified atom stereocenters. The van der Waals surface area contributed by atoms with Crippen molar-refractivity contribution < 1.29 is 64.6 Å². The molecule has 0 aliphatic carbocycles. The zero-order chi connectivity index (χ0) is 26.9. The zero-order valence-corrected chi connectivity index (χ0v) is 19.3. The van der Waals surface area contributed by atoms with Crippen molar-refractivity contribution in [1.82, 2.24) is 0 Å². The van der Waals surface area contributed by atoms with Crippen LogP contribution in [-0.4, -0.2) is 115 Å². The topological polar surface area (TPSA) is 216 Å². The Labute approximate surface area is 210 Å². The number of ether oxygens (including phenoxy) is 4. The fourth-order valence-corrected chi connectivity index (χ4v) is 4.13. The second-order valence-electron chi connectivity index (χ2n) is 8.84. The van der Waals surface area contributed by atoms with Gasteiger partial charge in [-0.05, 0) is 0 Å². The molecule has 8 atom stereocenters. The molecule has 2 aliphatic heterocycles. The van der Waals surface area contributed by atoms with Crippen molar-refractivity contribution in [2.24, 2.45) is 0 Å². The van der Waals surface area contributed by atoms with Gasteiger partial charge in [0.25, 0.3) is 0 Å². The summed E-state index contributed by atoms with van der Waals surface area (Å²) in [5.41, 5.74) is -2.24. The molecule has 0 aromatic heterocycles. The minimum absolute atomic E-state index is 0.181. The molecule has 0 radical (unpaired) electrons. The lowest BCUT2D eigenvalue weighted by atomic mass is 9.98. The van der Waals surface area contributed by atoms with Crippen LogP contribution in [0.4, 0.5) is 0 Å². The molecule has 0 bridgehead atoms. The first kappa shape index (κ1) is 27.2. The number of hydrogen-bond donors (Lipinski definition) is 8. The zero-order valence-electron chi connectivity index (χ0n) is 19.3. The first-order valence-corrected chi connectivity index (χ1v) is 11.3. The summed E-state index contributed by atoms with van der Waals surface area (Å²) in [6.07, 6.45) is -11.6. The lowest BCUT2D eigenvalue weighted by molar-refractivity contribution is -0.319. The van der Waals surface area contributed by atoms with Crippen molar-refractivity contribution in [3.05, 3.63) is 53.6 Å². The van der Waals surface area contributed by atoms with E-state index < -0.39 is 85.8 Å².